The van der Waals surface area contributed by atoms with Crippen LogP contribution >= 0.6 is 0 Å². The van der Waals surface area contributed by atoms with E-state index in [4.69, 9.17) is 4.74 Å². The van der Waals surface area contributed by atoms with Crippen LogP contribution in [0.25, 0.3) is 0 Å². The second kappa shape index (κ2) is 5.68. The van der Waals surface area contributed by atoms with E-state index in [1.54, 1.807) is 38.4 Å². The van der Waals surface area contributed by atoms with Crippen molar-refractivity contribution in [1.29, 1.82) is 0 Å². The minimum Gasteiger partial charge on any atom is -0.496 e. The first kappa shape index (κ1) is 16.8. The van der Waals surface area contributed by atoms with Gasteiger partial charge in [0, 0.05) is 18.2 Å². The molecule has 0 spiro atoms. The van der Waals surface area contributed by atoms with Crippen molar-refractivity contribution < 1.29 is 19.4 Å². The van der Waals surface area contributed by atoms with Gasteiger partial charge in [-0.05, 0) is 49.1 Å². The topological polar surface area (TPSA) is 66.8 Å². The maximum absolute atomic E-state index is 13.3. The molecule has 0 saturated carbocycles. The molecule has 5 heteroatoms. The number of carbonyl (C=O) groups is 2. The van der Waals surface area contributed by atoms with Gasteiger partial charge in [-0.15, -0.1) is 0 Å². The number of carbonyl (C=O) groups excluding carboxylic acids is 2. The van der Waals surface area contributed by atoms with Crippen molar-refractivity contribution in [2.45, 2.75) is 25.4 Å². The maximum atomic E-state index is 13.3. The van der Waals surface area contributed by atoms with Crippen LogP contribution in [0.5, 0.6) is 5.75 Å². The summed E-state index contributed by atoms with van der Waals surface area (Å²) in [5.41, 5.74) is 1.71. The van der Waals surface area contributed by atoms with E-state index in [1.807, 2.05) is 19.1 Å². The number of benzene rings is 2. The molecule has 0 fully saturated rings. The number of anilines is 1. The minimum atomic E-state index is -1.81. The number of hydrogen-bond donors (Lipinski definition) is 1. The smallest absolute Gasteiger partial charge is 0.264 e. The minimum absolute atomic E-state index is 0.182. The highest BCUT2D eigenvalue weighted by Crippen LogP contribution is 2.48. The van der Waals surface area contributed by atoms with E-state index >= 15 is 0 Å². The molecule has 2 aliphatic rings. The number of ether oxygens (including phenoxy) is 1. The lowest BCUT2D eigenvalue weighted by atomic mass is 9.71. The number of aliphatic hydroxyl groups is 1. The molecule has 0 unspecified atom stereocenters. The van der Waals surface area contributed by atoms with Crippen molar-refractivity contribution in [3.05, 3.63) is 58.7 Å². The van der Waals surface area contributed by atoms with Crippen LogP contribution in [0, 0.1) is 12.8 Å². The van der Waals surface area contributed by atoms with Gasteiger partial charge in [0.15, 0.2) is 11.4 Å². The van der Waals surface area contributed by atoms with Gasteiger partial charge < -0.3 is 14.7 Å². The molecule has 2 aromatic carbocycles. The summed E-state index contributed by atoms with van der Waals surface area (Å²) in [5.74, 6) is -0.666. The van der Waals surface area contributed by atoms with Crippen LogP contribution in [-0.4, -0.2) is 31.0 Å². The molecule has 1 N–H and O–H groups in total. The first-order valence-corrected chi connectivity index (χ1v) is 8.71. The molecule has 1 heterocycles. The summed E-state index contributed by atoms with van der Waals surface area (Å²) >= 11 is 0. The van der Waals surface area contributed by atoms with Gasteiger partial charge in [-0.1, -0.05) is 18.2 Å². The van der Waals surface area contributed by atoms with E-state index in [2.05, 4.69) is 0 Å². The maximum Gasteiger partial charge on any atom is 0.264 e. The summed E-state index contributed by atoms with van der Waals surface area (Å²) in [4.78, 5) is 27.6. The van der Waals surface area contributed by atoms with E-state index in [1.165, 1.54) is 4.90 Å². The van der Waals surface area contributed by atoms with Crippen LogP contribution in [0.4, 0.5) is 5.69 Å². The van der Waals surface area contributed by atoms with Crippen LogP contribution in [-0.2, 0) is 16.8 Å². The van der Waals surface area contributed by atoms with E-state index in [-0.39, 0.29) is 5.78 Å². The molecule has 4 rings (SSSR count). The van der Waals surface area contributed by atoms with Crippen LogP contribution < -0.4 is 9.64 Å². The lowest BCUT2D eigenvalue weighted by molar-refractivity contribution is -0.140. The summed E-state index contributed by atoms with van der Waals surface area (Å²) in [6, 6.07) is 10.8. The number of nitrogens with zero attached hydrogens (tertiary/aromatic N) is 1. The number of likely N-dealkylation sites (N-methyl/N-ethyl adjacent to an activating group) is 1. The Kier molecular flexibility index (Phi) is 3.66. The van der Waals surface area contributed by atoms with Crippen molar-refractivity contribution in [3.8, 4) is 5.75 Å². The Balaban J connectivity index is 1.82. The average Bonchev–Trinajstić information content (AvgIpc) is 2.84. The van der Waals surface area contributed by atoms with Crippen molar-refractivity contribution in [2.24, 2.45) is 5.92 Å². The molecule has 0 bridgehead atoms. The van der Waals surface area contributed by atoms with E-state index in [0.29, 0.717) is 29.7 Å². The molecular formula is C21H21NO4. The van der Waals surface area contributed by atoms with Crippen molar-refractivity contribution in [3.63, 3.8) is 0 Å². The number of rotatable bonds is 2. The summed E-state index contributed by atoms with van der Waals surface area (Å²) < 4.78 is 5.35. The summed E-state index contributed by atoms with van der Waals surface area (Å²) in [5, 5.41) is 11.4. The van der Waals surface area contributed by atoms with Crippen LogP contribution in [0.1, 0.15) is 33.5 Å². The number of aryl methyl sites for hydroxylation is 2. The van der Waals surface area contributed by atoms with Gasteiger partial charge in [0.05, 0.1) is 18.7 Å². The molecule has 134 valence electrons. The number of para-hydroxylation sites is 1. The number of amides is 1. The molecular weight excluding hydrogens is 330 g/mol. The van der Waals surface area contributed by atoms with Crippen molar-refractivity contribution >= 4 is 17.4 Å². The Morgan fingerprint density at radius 2 is 1.96 bits per heavy atom. The van der Waals surface area contributed by atoms with Gasteiger partial charge in [0.2, 0.25) is 0 Å². The Morgan fingerprint density at radius 1 is 1.23 bits per heavy atom. The highest BCUT2D eigenvalue weighted by atomic mass is 16.5. The Hall–Kier alpha value is -2.66. The number of methoxy groups -OCH3 is 1. The second-order valence-electron chi connectivity index (χ2n) is 7.08. The molecule has 0 aromatic heterocycles. The normalized spacial score (nSPS) is 24.5. The van der Waals surface area contributed by atoms with Crippen molar-refractivity contribution in [1.82, 2.24) is 0 Å². The van der Waals surface area contributed by atoms with Gasteiger partial charge in [0.25, 0.3) is 5.91 Å². The Morgan fingerprint density at radius 3 is 2.69 bits per heavy atom. The molecule has 1 aliphatic heterocycles. The predicted octanol–water partition coefficient (Wildman–Crippen LogP) is 2.61. The SMILES string of the molecule is COc1cc2c(cc1C)C(=O)[C@@H]([C@]1(O)C(=O)N(C)c3ccccc31)CC2. The third-order valence-corrected chi connectivity index (χ3v) is 5.72. The van der Waals surface area contributed by atoms with E-state index < -0.39 is 17.4 Å². The first-order chi connectivity index (χ1) is 12.4. The zero-order valence-corrected chi connectivity index (χ0v) is 15.1. The molecule has 2 aromatic rings. The monoisotopic (exact) mass is 351 g/mol. The largest absolute Gasteiger partial charge is 0.496 e. The van der Waals surface area contributed by atoms with Crippen LogP contribution in [0.2, 0.25) is 0 Å². The number of Topliss-reactive ketones (excluding diaryl/α,β-unsaturated/α-hetero) is 1. The lowest BCUT2D eigenvalue weighted by Crippen LogP contribution is -2.49. The molecule has 26 heavy (non-hydrogen) atoms. The predicted molar refractivity (Wildman–Crippen MR) is 97.6 cm³/mol. The van der Waals surface area contributed by atoms with Crippen LogP contribution in [0.3, 0.4) is 0 Å². The lowest BCUT2D eigenvalue weighted by Gasteiger charge is -2.34. The highest BCUT2D eigenvalue weighted by molar-refractivity contribution is 6.12. The molecule has 0 radical (unpaired) electrons. The van der Waals surface area contributed by atoms with Crippen molar-refractivity contribution in [2.75, 3.05) is 19.1 Å². The fourth-order valence-corrected chi connectivity index (χ4v) is 4.31. The highest BCUT2D eigenvalue weighted by Gasteiger charge is 2.56. The molecule has 1 aliphatic carbocycles. The van der Waals surface area contributed by atoms with Gasteiger partial charge in [-0.2, -0.15) is 0 Å². The zero-order chi connectivity index (χ0) is 18.6. The second-order valence-corrected chi connectivity index (χ2v) is 7.08. The molecule has 0 saturated heterocycles. The summed E-state index contributed by atoms with van der Waals surface area (Å²) in [7, 11) is 3.24. The number of fused-ring (bicyclic) bond motifs is 2. The third kappa shape index (κ3) is 2.07. The number of ketones is 1. The zero-order valence-electron chi connectivity index (χ0n) is 15.1. The average molecular weight is 351 g/mol. The Bertz CT molecular complexity index is 936. The van der Waals surface area contributed by atoms with Crippen LogP contribution in [0.15, 0.2) is 36.4 Å². The first-order valence-electron chi connectivity index (χ1n) is 8.71. The fourth-order valence-electron chi connectivity index (χ4n) is 4.31. The number of hydrogen-bond acceptors (Lipinski definition) is 4. The standard InChI is InChI=1S/C21H21NO4/c1-12-10-14-13(11-18(12)26-3)8-9-16(19(14)23)21(25)15-6-4-5-7-17(15)22(2)20(21)24/h4-7,10-11,16,25H,8-9H2,1-3H3/t16-,21-/m0/s1. The Labute approximate surface area is 152 Å². The van der Waals surface area contributed by atoms with E-state index in [9.17, 15) is 14.7 Å². The van der Waals surface area contributed by atoms with Gasteiger partial charge in [-0.25, -0.2) is 0 Å². The summed E-state index contributed by atoms with van der Waals surface area (Å²) in [6.07, 6.45) is 1.03. The third-order valence-electron chi connectivity index (χ3n) is 5.72. The summed E-state index contributed by atoms with van der Waals surface area (Å²) in [6.45, 7) is 1.88. The van der Waals surface area contributed by atoms with Gasteiger partial charge in [0.1, 0.15) is 5.75 Å². The van der Waals surface area contributed by atoms with E-state index in [0.717, 1.165) is 16.9 Å². The molecule has 5 nitrogen and oxygen atoms in total. The molecule has 2 atom stereocenters. The quantitative estimate of drug-likeness (QED) is 0.903. The van der Waals surface area contributed by atoms with Gasteiger partial charge >= 0.3 is 0 Å². The molecule has 1 amide bonds. The fraction of sp³-hybridized carbons (Fsp3) is 0.333. The van der Waals surface area contributed by atoms with Gasteiger partial charge in [-0.3, -0.25) is 9.59 Å².